The van der Waals surface area contributed by atoms with Crippen LogP contribution in [-0.2, 0) is 4.74 Å². The van der Waals surface area contributed by atoms with Gasteiger partial charge in [-0.1, -0.05) is 42.5 Å². The molecule has 0 aromatic heterocycles. The van der Waals surface area contributed by atoms with Gasteiger partial charge in [0.15, 0.2) is 0 Å². The molecule has 0 atom stereocenters. The minimum atomic E-state index is -1.05. The topological polar surface area (TPSA) is 46.5 Å². The van der Waals surface area contributed by atoms with Crippen molar-refractivity contribution in [3.05, 3.63) is 89.9 Å². The molecule has 3 aromatic rings. The van der Waals surface area contributed by atoms with E-state index in [9.17, 15) is 14.3 Å². The number of rotatable bonds is 6. The van der Waals surface area contributed by atoms with Crippen molar-refractivity contribution < 1.29 is 19.0 Å². The molecular formula is C23H19FO3. The second-order valence-corrected chi connectivity index (χ2v) is 5.92. The molecule has 0 aliphatic rings. The van der Waals surface area contributed by atoms with E-state index in [2.05, 4.69) is 0 Å². The quantitative estimate of drug-likeness (QED) is 0.558. The Balaban J connectivity index is 2.26. The monoisotopic (exact) mass is 362 g/mol. The molecule has 27 heavy (non-hydrogen) atoms. The van der Waals surface area contributed by atoms with E-state index in [4.69, 9.17) is 4.74 Å². The molecule has 0 amide bonds. The van der Waals surface area contributed by atoms with Crippen LogP contribution in [0.25, 0.3) is 28.3 Å². The van der Waals surface area contributed by atoms with Crippen LogP contribution >= 0.6 is 0 Å². The van der Waals surface area contributed by atoms with Gasteiger partial charge in [-0.2, -0.15) is 0 Å². The zero-order valence-corrected chi connectivity index (χ0v) is 14.9. The SMILES string of the molecule is CCO/C=C/c1cc(-c2ccccc2)cc(-c2ccc(F)cc2)c1C(=O)O. The number of ether oxygens (including phenoxy) is 1. The van der Waals surface area contributed by atoms with Gasteiger partial charge in [-0.3, -0.25) is 0 Å². The zero-order valence-electron chi connectivity index (χ0n) is 14.9. The third-order valence-electron chi connectivity index (χ3n) is 4.16. The van der Waals surface area contributed by atoms with Gasteiger partial charge in [0.05, 0.1) is 18.4 Å². The average Bonchev–Trinajstić information content (AvgIpc) is 2.68. The lowest BCUT2D eigenvalue weighted by Crippen LogP contribution is -2.04. The molecular weight excluding hydrogens is 343 g/mol. The van der Waals surface area contributed by atoms with E-state index < -0.39 is 5.97 Å². The minimum Gasteiger partial charge on any atom is -0.501 e. The Bertz CT molecular complexity index is 961. The van der Waals surface area contributed by atoms with Gasteiger partial charge in [0, 0.05) is 0 Å². The Morgan fingerprint density at radius 3 is 2.33 bits per heavy atom. The van der Waals surface area contributed by atoms with Crippen molar-refractivity contribution in [2.24, 2.45) is 0 Å². The van der Waals surface area contributed by atoms with Gasteiger partial charge in [0.2, 0.25) is 0 Å². The molecule has 3 aromatic carbocycles. The Morgan fingerprint density at radius 2 is 1.70 bits per heavy atom. The summed E-state index contributed by atoms with van der Waals surface area (Å²) in [5.41, 5.74) is 3.67. The molecule has 1 N–H and O–H groups in total. The number of aromatic carboxylic acids is 1. The van der Waals surface area contributed by atoms with E-state index in [-0.39, 0.29) is 11.4 Å². The van der Waals surface area contributed by atoms with Crippen LogP contribution in [0.5, 0.6) is 0 Å². The lowest BCUT2D eigenvalue weighted by atomic mass is 9.90. The third-order valence-corrected chi connectivity index (χ3v) is 4.16. The largest absolute Gasteiger partial charge is 0.501 e. The fourth-order valence-electron chi connectivity index (χ4n) is 2.91. The Hall–Kier alpha value is -3.40. The lowest BCUT2D eigenvalue weighted by Gasteiger charge is -2.14. The summed E-state index contributed by atoms with van der Waals surface area (Å²) >= 11 is 0. The highest BCUT2D eigenvalue weighted by Gasteiger charge is 2.18. The van der Waals surface area contributed by atoms with Gasteiger partial charge in [-0.15, -0.1) is 0 Å². The van der Waals surface area contributed by atoms with Crippen LogP contribution in [0, 0.1) is 5.82 Å². The van der Waals surface area contributed by atoms with Gasteiger partial charge in [0.25, 0.3) is 0 Å². The van der Waals surface area contributed by atoms with E-state index in [0.29, 0.717) is 23.3 Å². The molecule has 0 radical (unpaired) electrons. The zero-order chi connectivity index (χ0) is 19.2. The molecule has 0 saturated carbocycles. The first-order chi connectivity index (χ1) is 13.1. The summed E-state index contributed by atoms with van der Waals surface area (Å²) in [4.78, 5) is 12.0. The van der Waals surface area contributed by atoms with Gasteiger partial charge in [0.1, 0.15) is 5.82 Å². The van der Waals surface area contributed by atoms with Gasteiger partial charge >= 0.3 is 5.97 Å². The number of hydrogen-bond donors (Lipinski definition) is 1. The minimum absolute atomic E-state index is 0.150. The highest BCUT2D eigenvalue weighted by molar-refractivity contribution is 6.01. The first kappa shape index (κ1) is 18.4. The molecule has 0 aliphatic carbocycles. The highest BCUT2D eigenvalue weighted by atomic mass is 19.1. The molecule has 0 unspecified atom stereocenters. The predicted molar refractivity (Wildman–Crippen MR) is 105 cm³/mol. The summed E-state index contributed by atoms with van der Waals surface area (Å²) in [7, 11) is 0. The maximum Gasteiger partial charge on any atom is 0.336 e. The van der Waals surface area contributed by atoms with Crippen molar-refractivity contribution in [3.63, 3.8) is 0 Å². The van der Waals surface area contributed by atoms with Crippen LogP contribution in [0.4, 0.5) is 4.39 Å². The van der Waals surface area contributed by atoms with Crippen molar-refractivity contribution in [1.82, 2.24) is 0 Å². The number of carbonyl (C=O) groups is 1. The smallest absolute Gasteiger partial charge is 0.336 e. The van der Waals surface area contributed by atoms with Crippen LogP contribution in [0.15, 0.2) is 73.0 Å². The summed E-state index contributed by atoms with van der Waals surface area (Å²) < 4.78 is 18.6. The molecule has 0 aliphatic heterocycles. The van der Waals surface area contributed by atoms with Gasteiger partial charge in [-0.05, 0) is 65.1 Å². The molecule has 0 saturated heterocycles. The van der Waals surface area contributed by atoms with E-state index in [1.54, 1.807) is 18.2 Å². The number of benzene rings is 3. The summed E-state index contributed by atoms with van der Waals surface area (Å²) in [6.07, 6.45) is 3.14. The second-order valence-electron chi connectivity index (χ2n) is 5.92. The van der Waals surface area contributed by atoms with Crippen molar-refractivity contribution in [1.29, 1.82) is 0 Å². The van der Waals surface area contributed by atoms with Crippen LogP contribution in [0.1, 0.15) is 22.8 Å². The standard InChI is InChI=1S/C23H19FO3/c1-2-27-13-12-18-14-19(16-6-4-3-5-7-16)15-21(22(18)23(25)26)17-8-10-20(24)11-9-17/h3-15H,2H2,1H3,(H,25,26)/b13-12+. The number of carboxylic acids is 1. The van der Waals surface area contributed by atoms with Crippen molar-refractivity contribution in [2.75, 3.05) is 6.61 Å². The van der Waals surface area contributed by atoms with Gasteiger partial charge in [-0.25, -0.2) is 9.18 Å². The van der Waals surface area contributed by atoms with Gasteiger partial charge < -0.3 is 9.84 Å². The molecule has 0 spiro atoms. The van der Waals surface area contributed by atoms with Crippen molar-refractivity contribution in [2.45, 2.75) is 6.92 Å². The number of carboxylic acid groups (broad SMARTS) is 1. The maximum absolute atomic E-state index is 13.3. The summed E-state index contributed by atoms with van der Waals surface area (Å²) in [5.74, 6) is -1.42. The molecule has 3 rings (SSSR count). The summed E-state index contributed by atoms with van der Waals surface area (Å²) in [5, 5.41) is 9.83. The fraction of sp³-hybridized carbons (Fsp3) is 0.0870. The number of halogens is 1. The highest BCUT2D eigenvalue weighted by Crippen LogP contribution is 2.33. The fourth-order valence-corrected chi connectivity index (χ4v) is 2.91. The molecule has 0 bridgehead atoms. The summed E-state index contributed by atoms with van der Waals surface area (Å²) in [6.45, 7) is 2.34. The second kappa shape index (κ2) is 8.32. The first-order valence-corrected chi connectivity index (χ1v) is 8.61. The average molecular weight is 362 g/mol. The van der Waals surface area contributed by atoms with E-state index in [0.717, 1.165) is 11.1 Å². The predicted octanol–water partition coefficient (Wildman–Crippen LogP) is 5.87. The molecule has 0 heterocycles. The Morgan fingerprint density at radius 1 is 1.00 bits per heavy atom. The van der Waals surface area contributed by atoms with Crippen molar-refractivity contribution >= 4 is 12.0 Å². The van der Waals surface area contributed by atoms with E-state index in [1.165, 1.54) is 18.4 Å². The van der Waals surface area contributed by atoms with Crippen LogP contribution in [0.2, 0.25) is 0 Å². The van der Waals surface area contributed by atoms with Crippen LogP contribution in [0.3, 0.4) is 0 Å². The lowest BCUT2D eigenvalue weighted by molar-refractivity contribution is 0.0697. The number of hydrogen-bond acceptors (Lipinski definition) is 2. The first-order valence-electron chi connectivity index (χ1n) is 8.61. The van der Waals surface area contributed by atoms with Crippen molar-refractivity contribution in [3.8, 4) is 22.3 Å². The normalized spacial score (nSPS) is 10.9. The molecule has 3 nitrogen and oxygen atoms in total. The third kappa shape index (κ3) is 4.23. The summed E-state index contributed by atoms with van der Waals surface area (Å²) in [6, 6.07) is 19.2. The molecule has 4 heteroatoms. The van der Waals surface area contributed by atoms with E-state index >= 15 is 0 Å². The van der Waals surface area contributed by atoms with E-state index in [1.807, 2.05) is 49.4 Å². The molecule has 136 valence electrons. The Labute approximate surface area is 157 Å². The Kier molecular flexibility index (Phi) is 5.67. The van der Waals surface area contributed by atoms with Crippen LogP contribution in [-0.4, -0.2) is 17.7 Å². The van der Waals surface area contributed by atoms with Crippen LogP contribution < -0.4 is 0 Å². The maximum atomic E-state index is 13.3. The molecule has 0 fully saturated rings.